The molecule has 0 aliphatic carbocycles. The van der Waals surface area contributed by atoms with Gasteiger partial charge in [0.25, 0.3) is 0 Å². The molecule has 0 atom stereocenters. The second kappa shape index (κ2) is 5.21. The minimum atomic E-state index is 0.240. The van der Waals surface area contributed by atoms with Crippen LogP contribution < -0.4 is 4.74 Å². The van der Waals surface area contributed by atoms with E-state index in [4.69, 9.17) is 4.74 Å². The van der Waals surface area contributed by atoms with E-state index in [1.54, 1.807) is 0 Å². The zero-order valence-corrected chi connectivity index (χ0v) is 9.46. The summed E-state index contributed by atoms with van der Waals surface area (Å²) in [6.07, 6.45) is 4.50. The fraction of sp³-hybridized carbons (Fsp3) is 0.154. The van der Waals surface area contributed by atoms with Gasteiger partial charge in [-0.25, -0.2) is 9.97 Å². The molecule has 0 fully saturated rings. The van der Waals surface area contributed by atoms with Crippen molar-refractivity contribution in [1.29, 1.82) is 0 Å². The topological polar surface area (TPSA) is 52.1 Å². The van der Waals surface area contributed by atoms with E-state index in [0.717, 1.165) is 6.42 Å². The van der Waals surface area contributed by atoms with Crippen molar-refractivity contribution < 1.29 is 9.53 Å². The summed E-state index contributed by atoms with van der Waals surface area (Å²) in [5, 5.41) is 0. The summed E-state index contributed by atoms with van der Waals surface area (Å²) in [6.45, 7) is 2.08. The third-order valence-corrected chi connectivity index (χ3v) is 2.30. The molecule has 2 rings (SSSR count). The van der Waals surface area contributed by atoms with Gasteiger partial charge in [0, 0.05) is 12.4 Å². The first-order chi connectivity index (χ1) is 8.31. The van der Waals surface area contributed by atoms with E-state index in [2.05, 4.69) is 16.9 Å². The van der Waals surface area contributed by atoms with Crippen LogP contribution in [0.25, 0.3) is 0 Å². The SMILES string of the molecule is CCc1cccc(Oc2ncc(C=O)cn2)c1. The van der Waals surface area contributed by atoms with Gasteiger partial charge in [-0.05, 0) is 24.1 Å². The lowest BCUT2D eigenvalue weighted by Crippen LogP contribution is -1.93. The van der Waals surface area contributed by atoms with Crippen LogP contribution in [0.1, 0.15) is 22.8 Å². The van der Waals surface area contributed by atoms with Crippen molar-refractivity contribution in [1.82, 2.24) is 9.97 Å². The zero-order valence-electron chi connectivity index (χ0n) is 9.46. The molecule has 0 spiro atoms. The quantitative estimate of drug-likeness (QED) is 0.755. The van der Waals surface area contributed by atoms with Crippen LogP contribution in [0, 0.1) is 0 Å². The van der Waals surface area contributed by atoms with Gasteiger partial charge in [-0.2, -0.15) is 0 Å². The Bertz CT molecular complexity index is 509. The van der Waals surface area contributed by atoms with Gasteiger partial charge in [0.15, 0.2) is 6.29 Å². The number of rotatable bonds is 4. The Hall–Kier alpha value is -2.23. The fourth-order valence-electron chi connectivity index (χ4n) is 1.37. The number of ether oxygens (including phenoxy) is 1. The van der Waals surface area contributed by atoms with Crippen LogP contribution in [-0.2, 0) is 6.42 Å². The van der Waals surface area contributed by atoms with Gasteiger partial charge in [-0.15, -0.1) is 0 Å². The highest BCUT2D eigenvalue weighted by atomic mass is 16.5. The van der Waals surface area contributed by atoms with Gasteiger partial charge >= 0.3 is 6.01 Å². The molecular weight excluding hydrogens is 216 g/mol. The molecule has 0 radical (unpaired) electrons. The molecule has 0 unspecified atom stereocenters. The first-order valence-electron chi connectivity index (χ1n) is 5.36. The molecular formula is C13H12N2O2. The monoisotopic (exact) mass is 228 g/mol. The molecule has 2 aromatic rings. The summed E-state index contributed by atoms with van der Waals surface area (Å²) in [5.41, 5.74) is 1.62. The van der Waals surface area contributed by atoms with Crippen LogP contribution >= 0.6 is 0 Å². The van der Waals surface area contributed by atoms with Crippen molar-refractivity contribution in [3.05, 3.63) is 47.8 Å². The molecule has 4 heteroatoms. The van der Waals surface area contributed by atoms with Gasteiger partial charge in [0.05, 0.1) is 5.56 Å². The van der Waals surface area contributed by atoms with Gasteiger partial charge in [-0.3, -0.25) is 4.79 Å². The normalized spacial score (nSPS) is 9.94. The van der Waals surface area contributed by atoms with Crippen LogP contribution in [0.3, 0.4) is 0 Å². The first-order valence-corrected chi connectivity index (χ1v) is 5.36. The lowest BCUT2D eigenvalue weighted by Gasteiger charge is -2.04. The smallest absolute Gasteiger partial charge is 0.321 e. The molecule has 0 aliphatic rings. The third kappa shape index (κ3) is 2.87. The van der Waals surface area contributed by atoms with E-state index in [9.17, 15) is 4.79 Å². The highest BCUT2D eigenvalue weighted by Crippen LogP contribution is 2.18. The van der Waals surface area contributed by atoms with Gasteiger partial charge in [0.1, 0.15) is 5.75 Å². The molecule has 0 aliphatic heterocycles. The predicted octanol–water partition coefficient (Wildman–Crippen LogP) is 2.64. The van der Waals surface area contributed by atoms with Crippen LogP contribution in [-0.4, -0.2) is 16.3 Å². The van der Waals surface area contributed by atoms with Crippen molar-refractivity contribution in [2.45, 2.75) is 13.3 Å². The van der Waals surface area contributed by atoms with Gasteiger partial charge in [0.2, 0.25) is 0 Å². The Morgan fingerprint density at radius 3 is 2.71 bits per heavy atom. The lowest BCUT2D eigenvalue weighted by atomic mass is 10.2. The van der Waals surface area contributed by atoms with E-state index in [0.29, 0.717) is 17.6 Å². The molecule has 4 nitrogen and oxygen atoms in total. The summed E-state index contributed by atoms with van der Waals surface area (Å²) in [7, 11) is 0. The standard InChI is InChI=1S/C13H12N2O2/c1-2-10-4-3-5-12(6-10)17-13-14-7-11(9-16)8-15-13/h3-9H,2H2,1H3. The molecule has 1 aromatic heterocycles. The van der Waals surface area contributed by atoms with Crippen molar-refractivity contribution in [2.75, 3.05) is 0 Å². The fourth-order valence-corrected chi connectivity index (χ4v) is 1.37. The number of hydrogen-bond donors (Lipinski definition) is 0. The Morgan fingerprint density at radius 2 is 2.06 bits per heavy atom. The number of aldehydes is 1. The molecule has 17 heavy (non-hydrogen) atoms. The summed E-state index contributed by atoms with van der Waals surface area (Å²) in [6, 6.07) is 7.98. The second-order valence-electron chi connectivity index (χ2n) is 3.52. The summed E-state index contributed by atoms with van der Waals surface area (Å²) in [5.74, 6) is 0.697. The molecule has 0 saturated heterocycles. The second-order valence-corrected chi connectivity index (χ2v) is 3.52. The van der Waals surface area contributed by atoms with E-state index in [-0.39, 0.29) is 6.01 Å². The number of hydrogen-bond acceptors (Lipinski definition) is 4. The molecule has 0 bridgehead atoms. The van der Waals surface area contributed by atoms with Crippen LogP contribution in [0.4, 0.5) is 0 Å². The molecule has 86 valence electrons. The summed E-state index contributed by atoms with van der Waals surface area (Å²) >= 11 is 0. The number of aromatic nitrogens is 2. The number of aryl methyl sites for hydroxylation is 1. The van der Waals surface area contributed by atoms with Crippen molar-refractivity contribution in [3.63, 3.8) is 0 Å². The maximum absolute atomic E-state index is 10.4. The van der Waals surface area contributed by atoms with Crippen molar-refractivity contribution >= 4 is 6.29 Å². The number of carbonyl (C=O) groups is 1. The van der Waals surface area contributed by atoms with Crippen molar-refractivity contribution in [2.24, 2.45) is 0 Å². The lowest BCUT2D eigenvalue weighted by molar-refractivity contribution is 0.112. The highest BCUT2D eigenvalue weighted by Gasteiger charge is 2.01. The van der Waals surface area contributed by atoms with Crippen LogP contribution in [0.2, 0.25) is 0 Å². The highest BCUT2D eigenvalue weighted by molar-refractivity contribution is 5.73. The zero-order chi connectivity index (χ0) is 12.1. The Kier molecular flexibility index (Phi) is 3.45. The third-order valence-electron chi connectivity index (χ3n) is 2.30. The largest absolute Gasteiger partial charge is 0.424 e. The Balaban J connectivity index is 2.15. The average Bonchev–Trinajstić information content (AvgIpc) is 2.40. The van der Waals surface area contributed by atoms with E-state index in [1.807, 2.05) is 24.3 Å². The molecule has 0 N–H and O–H groups in total. The molecule has 0 amide bonds. The summed E-state index contributed by atoms with van der Waals surface area (Å²) < 4.78 is 5.48. The van der Waals surface area contributed by atoms with Gasteiger partial charge in [-0.1, -0.05) is 19.1 Å². The summed E-state index contributed by atoms with van der Waals surface area (Å²) in [4.78, 5) is 18.3. The molecule has 0 saturated carbocycles. The van der Waals surface area contributed by atoms with E-state index >= 15 is 0 Å². The van der Waals surface area contributed by atoms with Gasteiger partial charge < -0.3 is 4.74 Å². The maximum Gasteiger partial charge on any atom is 0.321 e. The molecule has 1 heterocycles. The number of carbonyl (C=O) groups excluding carboxylic acids is 1. The predicted molar refractivity (Wildman–Crippen MR) is 63.3 cm³/mol. The van der Waals surface area contributed by atoms with Crippen LogP contribution in [0.15, 0.2) is 36.7 Å². The average molecular weight is 228 g/mol. The first kappa shape index (κ1) is 11.3. The minimum absolute atomic E-state index is 0.240. The molecule has 1 aromatic carbocycles. The Labute approximate surface area is 99.3 Å². The van der Waals surface area contributed by atoms with E-state index in [1.165, 1.54) is 18.0 Å². The van der Waals surface area contributed by atoms with E-state index < -0.39 is 0 Å². The minimum Gasteiger partial charge on any atom is -0.424 e. The Morgan fingerprint density at radius 1 is 1.29 bits per heavy atom. The number of nitrogens with zero attached hydrogens (tertiary/aromatic N) is 2. The number of benzene rings is 1. The van der Waals surface area contributed by atoms with Crippen LogP contribution in [0.5, 0.6) is 11.8 Å². The van der Waals surface area contributed by atoms with Crippen molar-refractivity contribution in [3.8, 4) is 11.8 Å². The maximum atomic E-state index is 10.4.